The van der Waals surface area contributed by atoms with Gasteiger partial charge in [0.1, 0.15) is 11.6 Å². The van der Waals surface area contributed by atoms with Gasteiger partial charge in [0.2, 0.25) is 11.8 Å². The standard InChI is InChI=1S/C30H34F3N5O5/c1-29(2,3)43-26(40)13-12-23(34-27(41)24-19-25(39)38(35-24)21-9-5-4-6-10-21)28(42)37-16-14-36(15-17-37)22-11-7-8-20(18-22)30(31,32)33/h4-11,18-19,23,39H,12-17H2,1-3H3,(H,34,41). The fraction of sp³-hybridized carbons (Fsp3) is 0.400. The Morgan fingerprint density at radius 2 is 1.60 bits per heavy atom. The van der Waals surface area contributed by atoms with Crippen molar-refractivity contribution in [3.63, 3.8) is 0 Å². The smallest absolute Gasteiger partial charge is 0.416 e. The van der Waals surface area contributed by atoms with Gasteiger partial charge in [-0.05, 0) is 57.5 Å². The number of ether oxygens (including phenoxy) is 1. The molecule has 0 saturated carbocycles. The van der Waals surface area contributed by atoms with Gasteiger partial charge in [-0.3, -0.25) is 14.4 Å². The van der Waals surface area contributed by atoms with Crippen molar-refractivity contribution in [1.82, 2.24) is 20.0 Å². The Labute approximate surface area is 247 Å². The first-order chi connectivity index (χ1) is 20.2. The number of aromatic nitrogens is 2. The summed E-state index contributed by atoms with van der Waals surface area (Å²) in [5, 5.41) is 17.2. The summed E-state index contributed by atoms with van der Waals surface area (Å²) in [7, 11) is 0. The zero-order chi connectivity index (χ0) is 31.4. The van der Waals surface area contributed by atoms with Crippen LogP contribution in [0.15, 0.2) is 60.7 Å². The van der Waals surface area contributed by atoms with Crippen molar-refractivity contribution in [1.29, 1.82) is 0 Å². The Kier molecular flexibility index (Phi) is 9.31. The van der Waals surface area contributed by atoms with Crippen LogP contribution in [0.25, 0.3) is 5.69 Å². The second kappa shape index (κ2) is 12.8. The Bertz CT molecular complexity index is 1440. The highest BCUT2D eigenvalue weighted by atomic mass is 19.4. The quantitative estimate of drug-likeness (QED) is 0.373. The molecule has 1 fully saturated rings. The average Bonchev–Trinajstić information content (AvgIpc) is 3.35. The molecule has 10 nitrogen and oxygen atoms in total. The highest BCUT2D eigenvalue weighted by molar-refractivity contribution is 5.96. The molecule has 1 aromatic heterocycles. The summed E-state index contributed by atoms with van der Waals surface area (Å²) in [6.45, 7) is 6.08. The first-order valence-electron chi connectivity index (χ1n) is 13.8. The number of aromatic hydroxyl groups is 1. The van der Waals surface area contributed by atoms with Gasteiger partial charge in [-0.2, -0.15) is 18.3 Å². The number of amides is 2. The van der Waals surface area contributed by atoms with Crippen LogP contribution in [0.4, 0.5) is 18.9 Å². The second-order valence-electron chi connectivity index (χ2n) is 11.1. The number of nitrogens with one attached hydrogen (secondary N) is 1. The molecule has 13 heteroatoms. The van der Waals surface area contributed by atoms with E-state index in [4.69, 9.17) is 4.74 Å². The third-order valence-electron chi connectivity index (χ3n) is 6.71. The van der Waals surface area contributed by atoms with Crippen molar-refractivity contribution in [2.24, 2.45) is 0 Å². The highest BCUT2D eigenvalue weighted by Crippen LogP contribution is 2.32. The lowest BCUT2D eigenvalue weighted by Gasteiger charge is -2.37. The molecular weight excluding hydrogens is 567 g/mol. The molecule has 1 atom stereocenters. The minimum Gasteiger partial charge on any atom is -0.493 e. The third-order valence-corrected chi connectivity index (χ3v) is 6.71. The van der Waals surface area contributed by atoms with E-state index in [2.05, 4.69) is 10.4 Å². The van der Waals surface area contributed by atoms with Crippen LogP contribution in [-0.2, 0) is 20.5 Å². The van der Waals surface area contributed by atoms with Crippen LogP contribution in [-0.4, -0.2) is 75.4 Å². The predicted octanol–water partition coefficient (Wildman–Crippen LogP) is 4.17. The third kappa shape index (κ3) is 8.27. The van der Waals surface area contributed by atoms with Crippen LogP contribution >= 0.6 is 0 Å². The average molecular weight is 602 g/mol. The molecular formula is C30H34F3N5O5. The lowest BCUT2D eigenvalue weighted by molar-refractivity contribution is -0.155. The van der Waals surface area contributed by atoms with Gasteiger partial charge in [0.15, 0.2) is 5.69 Å². The number of piperazine rings is 1. The van der Waals surface area contributed by atoms with Crippen LogP contribution in [0, 0.1) is 0 Å². The van der Waals surface area contributed by atoms with Crippen LogP contribution < -0.4 is 10.2 Å². The van der Waals surface area contributed by atoms with Gasteiger partial charge in [0, 0.05) is 44.4 Å². The maximum absolute atomic E-state index is 13.6. The van der Waals surface area contributed by atoms with Crippen LogP contribution in [0.2, 0.25) is 0 Å². The molecule has 1 aliphatic rings. The number of hydrogen-bond donors (Lipinski definition) is 2. The predicted molar refractivity (Wildman–Crippen MR) is 152 cm³/mol. The van der Waals surface area contributed by atoms with Gasteiger partial charge in [-0.15, -0.1) is 0 Å². The van der Waals surface area contributed by atoms with Gasteiger partial charge in [-0.25, -0.2) is 4.68 Å². The van der Waals surface area contributed by atoms with E-state index in [9.17, 15) is 32.7 Å². The monoisotopic (exact) mass is 601 g/mol. The number of alkyl halides is 3. The molecule has 0 radical (unpaired) electrons. The van der Waals surface area contributed by atoms with Gasteiger partial charge in [0.25, 0.3) is 5.91 Å². The summed E-state index contributed by atoms with van der Waals surface area (Å²) in [4.78, 5) is 42.5. The summed E-state index contributed by atoms with van der Waals surface area (Å²) >= 11 is 0. The normalized spacial score (nSPS) is 14.7. The molecule has 0 aliphatic carbocycles. The van der Waals surface area contributed by atoms with E-state index < -0.39 is 41.2 Å². The van der Waals surface area contributed by atoms with Crippen molar-refractivity contribution in [3.05, 3.63) is 71.9 Å². The Morgan fingerprint density at radius 3 is 2.23 bits per heavy atom. The number of para-hydroxylation sites is 1. The number of nitrogens with zero attached hydrogens (tertiary/aromatic N) is 4. The molecule has 2 amide bonds. The van der Waals surface area contributed by atoms with Gasteiger partial charge in [0.05, 0.1) is 11.3 Å². The van der Waals surface area contributed by atoms with E-state index in [1.165, 1.54) is 21.7 Å². The first kappa shape index (κ1) is 31.4. The number of rotatable bonds is 8. The number of benzene rings is 2. The van der Waals surface area contributed by atoms with Crippen LogP contribution in [0.1, 0.15) is 49.7 Å². The van der Waals surface area contributed by atoms with E-state index in [0.717, 1.165) is 12.1 Å². The van der Waals surface area contributed by atoms with Crippen molar-refractivity contribution in [2.75, 3.05) is 31.1 Å². The number of carbonyl (C=O) groups is 3. The maximum atomic E-state index is 13.6. The molecule has 230 valence electrons. The summed E-state index contributed by atoms with van der Waals surface area (Å²) in [5.74, 6) is -2.00. The van der Waals surface area contributed by atoms with E-state index in [1.54, 1.807) is 62.1 Å². The molecule has 1 aliphatic heterocycles. The van der Waals surface area contributed by atoms with Crippen molar-refractivity contribution >= 4 is 23.5 Å². The second-order valence-corrected chi connectivity index (χ2v) is 11.1. The van der Waals surface area contributed by atoms with E-state index in [0.29, 0.717) is 11.4 Å². The van der Waals surface area contributed by atoms with Crippen LogP contribution in [0.3, 0.4) is 0 Å². The summed E-state index contributed by atoms with van der Waals surface area (Å²) in [5.41, 5.74) is -0.706. The largest absolute Gasteiger partial charge is 0.493 e. The molecule has 3 aromatic rings. The molecule has 2 aromatic carbocycles. The lowest BCUT2D eigenvalue weighted by Crippen LogP contribution is -2.55. The molecule has 0 bridgehead atoms. The van der Waals surface area contributed by atoms with Gasteiger partial charge < -0.3 is 25.0 Å². The van der Waals surface area contributed by atoms with Crippen molar-refractivity contribution < 1.29 is 37.4 Å². The van der Waals surface area contributed by atoms with E-state index in [-0.39, 0.29) is 50.6 Å². The fourth-order valence-corrected chi connectivity index (χ4v) is 4.67. The summed E-state index contributed by atoms with van der Waals surface area (Å²) in [6, 6.07) is 13.7. The molecule has 1 unspecified atom stereocenters. The SMILES string of the molecule is CC(C)(C)OC(=O)CCC(NC(=O)c1cc(O)n(-c2ccccc2)n1)C(=O)N1CCN(c2cccc(C(F)(F)F)c2)CC1. The first-order valence-corrected chi connectivity index (χ1v) is 13.8. The zero-order valence-electron chi connectivity index (χ0n) is 24.1. The number of esters is 1. The topological polar surface area (TPSA) is 117 Å². The van der Waals surface area contributed by atoms with Crippen molar-refractivity contribution in [3.8, 4) is 11.6 Å². The molecule has 2 heterocycles. The Morgan fingerprint density at radius 1 is 0.953 bits per heavy atom. The summed E-state index contributed by atoms with van der Waals surface area (Å²) in [6.07, 6.45) is -4.68. The minimum absolute atomic E-state index is 0.0568. The number of halogens is 3. The Hall–Kier alpha value is -4.55. The van der Waals surface area contributed by atoms with E-state index >= 15 is 0 Å². The minimum atomic E-state index is -4.47. The Balaban J connectivity index is 1.47. The van der Waals surface area contributed by atoms with Crippen molar-refractivity contribution in [2.45, 2.75) is 51.4 Å². The molecule has 0 spiro atoms. The molecule has 4 rings (SSSR count). The molecule has 43 heavy (non-hydrogen) atoms. The number of carbonyl (C=O) groups excluding carboxylic acids is 3. The lowest BCUT2D eigenvalue weighted by atomic mass is 10.1. The van der Waals surface area contributed by atoms with Gasteiger partial charge in [-0.1, -0.05) is 24.3 Å². The van der Waals surface area contributed by atoms with Gasteiger partial charge >= 0.3 is 12.1 Å². The zero-order valence-corrected chi connectivity index (χ0v) is 24.1. The maximum Gasteiger partial charge on any atom is 0.416 e. The molecule has 1 saturated heterocycles. The fourth-order valence-electron chi connectivity index (χ4n) is 4.67. The number of hydrogen-bond acceptors (Lipinski definition) is 7. The van der Waals surface area contributed by atoms with E-state index in [1.807, 2.05) is 0 Å². The van der Waals surface area contributed by atoms with Crippen LogP contribution in [0.5, 0.6) is 5.88 Å². The highest BCUT2D eigenvalue weighted by Gasteiger charge is 2.33. The number of anilines is 1. The molecule has 2 N–H and O–H groups in total. The summed E-state index contributed by atoms with van der Waals surface area (Å²) < 4.78 is 46.1.